The molecule has 0 radical (unpaired) electrons. The summed E-state index contributed by atoms with van der Waals surface area (Å²) in [5.74, 6) is 0.0621. The highest BCUT2D eigenvalue weighted by Crippen LogP contribution is 2.32. The molecule has 1 aromatic carbocycles. The highest BCUT2D eigenvalue weighted by atomic mass is 16.2. The maximum atomic E-state index is 13.5. The summed E-state index contributed by atoms with van der Waals surface area (Å²) in [5, 5.41) is 7.59. The molecule has 34 heavy (non-hydrogen) atoms. The van der Waals surface area contributed by atoms with Crippen molar-refractivity contribution < 1.29 is 4.79 Å². The number of nitrogens with one attached hydrogen (secondary N) is 1. The highest BCUT2D eigenvalue weighted by molar-refractivity contribution is 5.98. The van der Waals surface area contributed by atoms with Crippen molar-refractivity contribution in [3.63, 3.8) is 0 Å². The number of unbranched alkanes of at least 4 members (excludes halogenated alkanes) is 2. The van der Waals surface area contributed by atoms with Crippen molar-refractivity contribution in [2.24, 2.45) is 11.7 Å². The second-order valence-corrected chi connectivity index (χ2v) is 9.94. The van der Waals surface area contributed by atoms with Gasteiger partial charge in [-0.25, -0.2) is 9.97 Å². The monoisotopic (exact) mass is 462 g/mol. The molecular formula is C27H38N6O. The van der Waals surface area contributed by atoms with E-state index in [1.807, 2.05) is 23.1 Å². The van der Waals surface area contributed by atoms with E-state index >= 15 is 0 Å². The molecule has 2 aromatic rings. The van der Waals surface area contributed by atoms with Crippen molar-refractivity contribution in [1.82, 2.24) is 14.9 Å². The molecule has 1 aromatic heterocycles. The van der Waals surface area contributed by atoms with Crippen molar-refractivity contribution in [2.75, 3.05) is 18.0 Å². The summed E-state index contributed by atoms with van der Waals surface area (Å²) in [4.78, 5) is 26.6. The van der Waals surface area contributed by atoms with Gasteiger partial charge in [0.2, 0.25) is 5.91 Å². The number of nitrogens with two attached hydrogens (primary N) is 1. The Morgan fingerprint density at radius 2 is 1.82 bits per heavy atom. The first-order valence-corrected chi connectivity index (χ1v) is 12.8. The van der Waals surface area contributed by atoms with Crippen molar-refractivity contribution >= 4 is 17.4 Å². The zero-order valence-electron chi connectivity index (χ0n) is 20.5. The molecule has 0 bridgehead atoms. The molecule has 0 saturated carbocycles. The smallest absolute Gasteiger partial charge is 0.230 e. The third kappa shape index (κ3) is 5.63. The molecule has 7 heteroatoms. The maximum absolute atomic E-state index is 13.5. The Morgan fingerprint density at radius 3 is 2.59 bits per heavy atom. The van der Waals surface area contributed by atoms with Gasteiger partial charge < -0.3 is 10.6 Å². The van der Waals surface area contributed by atoms with Crippen LogP contribution in [0.1, 0.15) is 69.5 Å². The Bertz CT molecular complexity index is 998. The van der Waals surface area contributed by atoms with Crippen LogP contribution in [-0.4, -0.2) is 51.8 Å². The molecule has 2 aliphatic rings. The van der Waals surface area contributed by atoms with Crippen LogP contribution in [0.15, 0.2) is 36.5 Å². The number of benzene rings is 1. The Hall–Kier alpha value is -2.80. The third-order valence-electron chi connectivity index (χ3n) is 7.45. The largest absolute Gasteiger partial charge is 0.381 e. The van der Waals surface area contributed by atoms with Crippen LogP contribution in [0.3, 0.4) is 0 Å². The number of nitrogens with zero attached hydrogens (tertiary/aromatic N) is 4. The van der Waals surface area contributed by atoms with Gasteiger partial charge in [-0.15, -0.1) is 0 Å². The Morgan fingerprint density at radius 1 is 1.09 bits per heavy atom. The summed E-state index contributed by atoms with van der Waals surface area (Å²) in [6.07, 6.45) is 10.1. The molecule has 2 aliphatic heterocycles. The van der Waals surface area contributed by atoms with Gasteiger partial charge in [0, 0.05) is 48.5 Å². The van der Waals surface area contributed by atoms with Gasteiger partial charge in [0.05, 0.1) is 0 Å². The van der Waals surface area contributed by atoms with Crippen LogP contribution in [-0.2, 0) is 17.6 Å². The SMILES string of the molecule is C[C@@H]1CCC[C@H](C)N1CCCCCN1C(=O)C(Cc2ccnc(C(=N)N)n2)Cc2ccccc21. The number of likely N-dealkylation sites (tertiary alicyclic amines) is 1. The number of amides is 1. The first-order valence-electron chi connectivity index (χ1n) is 12.8. The fourth-order valence-electron chi connectivity index (χ4n) is 5.58. The van der Waals surface area contributed by atoms with Crippen LogP contribution in [0.5, 0.6) is 0 Å². The molecule has 1 amide bonds. The Balaban J connectivity index is 1.37. The minimum Gasteiger partial charge on any atom is -0.381 e. The van der Waals surface area contributed by atoms with E-state index in [2.05, 4.69) is 40.8 Å². The number of amidine groups is 1. The van der Waals surface area contributed by atoms with Crippen molar-refractivity contribution in [2.45, 2.75) is 77.3 Å². The fourth-order valence-corrected chi connectivity index (χ4v) is 5.58. The number of anilines is 1. The Kier molecular flexibility index (Phi) is 7.93. The van der Waals surface area contributed by atoms with Gasteiger partial charge in [0.1, 0.15) is 0 Å². The number of hydrogen-bond acceptors (Lipinski definition) is 5. The topological polar surface area (TPSA) is 99.2 Å². The lowest BCUT2D eigenvalue weighted by Crippen LogP contribution is -2.44. The lowest BCUT2D eigenvalue weighted by atomic mass is 9.88. The van der Waals surface area contributed by atoms with E-state index in [1.165, 1.54) is 31.2 Å². The quantitative estimate of drug-likeness (QED) is 0.334. The summed E-state index contributed by atoms with van der Waals surface area (Å²) in [7, 11) is 0. The summed E-state index contributed by atoms with van der Waals surface area (Å²) in [5.41, 5.74) is 8.57. The van der Waals surface area contributed by atoms with E-state index < -0.39 is 0 Å². The average Bonchev–Trinajstić information content (AvgIpc) is 2.82. The zero-order chi connectivity index (χ0) is 24.1. The summed E-state index contributed by atoms with van der Waals surface area (Å²) in [6, 6.07) is 11.4. The van der Waals surface area contributed by atoms with Gasteiger partial charge >= 0.3 is 0 Å². The number of para-hydroxylation sites is 1. The predicted molar refractivity (Wildman–Crippen MR) is 136 cm³/mol. The van der Waals surface area contributed by atoms with Crippen molar-refractivity contribution in [1.29, 1.82) is 5.41 Å². The summed E-state index contributed by atoms with van der Waals surface area (Å²) < 4.78 is 0. The van der Waals surface area contributed by atoms with E-state index in [4.69, 9.17) is 11.1 Å². The molecular weight excluding hydrogens is 424 g/mol. The number of nitrogen functional groups attached to an aromatic ring is 1. The number of carbonyl (C=O) groups is 1. The minimum atomic E-state index is -0.167. The number of fused-ring (bicyclic) bond motifs is 1. The standard InChI is InChI=1S/C27H38N6O/c1-19-9-8-10-20(2)32(19)15-6-3-7-16-33-24-12-5-4-11-21(24)17-22(27(33)34)18-23-13-14-30-26(31-23)25(28)29/h4-5,11-14,19-20,22H,3,6-10,15-18H2,1-2H3,(H3,28,29)/t19-,20+,22?. The molecule has 0 spiro atoms. The van der Waals surface area contributed by atoms with E-state index in [0.29, 0.717) is 24.9 Å². The number of aromatic nitrogens is 2. The van der Waals surface area contributed by atoms with Crippen LogP contribution >= 0.6 is 0 Å². The summed E-state index contributed by atoms with van der Waals surface area (Å²) >= 11 is 0. The second-order valence-electron chi connectivity index (χ2n) is 9.94. The predicted octanol–water partition coefficient (Wildman–Crippen LogP) is 3.94. The molecule has 7 nitrogen and oxygen atoms in total. The maximum Gasteiger partial charge on any atom is 0.230 e. The minimum absolute atomic E-state index is 0.155. The van der Waals surface area contributed by atoms with E-state index in [9.17, 15) is 4.79 Å². The first-order chi connectivity index (χ1) is 16.4. The van der Waals surface area contributed by atoms with E-state index in [0.717, 1.165) is 37.3 Å². The van der Waals surface area contributed by atoms with Gasteiger partial charge in [-0.3, -0.25) is 15.1 Å². The number of rotatable bonds is 9. The number of hydrogen-bond donors (Lipinski definition) is 2. The van der Waals surface area contributed by atoms with E-state index in [-0.39, 0.29) is 23.5 Å². The van der Waals surface area contributed by atoms with Crippen molar-refractivity contribution in [3.05, 3.63) is 53.6 Å². The summed E-state index contributed by atoms with van der Waals surface area (Å²) in [6.45, 7) is 6.62. The fraction of sp³-hybridized carbons (Fsp3) is 0.556. The third-order valence-corrected chi connectivity index (χ3v) is 7.45. The van der Waals surface area contributed by atoms with Gasteiger partial charge in [-0.05, 0) is 70.2 Å². The van der Waals surface area contributed by atoms with Crippen molar-refractivity contribution in [3.8, 4) is 0 Å². The zero-order valence-corrected chi connectivity index (χ0v) is 20.5. The van der Waals surface area contributed by atoms with Crippen LogP contribution in [0, 0.1) is 11.3 Å². The lowest BCUT2D eigenvalue weighted by Gasteiger charge is -2.39. The normalized spacial score (nSPS) is 23.1. The van der Waals surface area contributed by atoms with Gasteiger partial charge in [-0.1, -0.05) is 31.0 Å². The van der Waals surface area contributed by atoms with Crippen LogP contribution < -0.4 is 10.6 Å². The number of piperidine rings is 1. The first kappa shape index (κ1) is 24.3. The molecule has 4 rings (SSSR count). The molecule has 182 valence electrons. The Labute approximate surface area is 203 Å². The van der Waals surface area contributed by atoms with Gasteiger partial charge in [-0.2, -0.15) is 0 Å². The molecule has 1 saturated heterocycles. The highest BCUT2D eigenvalue weighted by Gasteiger charge is 2.33. The van der Waals surface area contributed by atoms with Gasteiger partial charge in [0.15, 0.2) is 11.7 Å². The number of carbonyl (C=O) groups excluding carboxylic acids is 1. The van der Waals surface area contributed by atoms with Gasteiger partial charge in [0.25, 0.3) is 0 Å². The van der Waals surface area contributed by atoms with Crippen LogP contribution in [0.2, 0.25) is 0 Å². The molecule has 0 aliphatic carbocycles. The lowest BCUT2D eigenvalue weighted by molar-refractivity contribution is -0.122. The van der Waals surface area contributed by atoms with Crippen LogP contribution in [0.25, 0.3) is 0 Å². The average molecular weight is 463 g/mol. The molecule has 3 heterocycles. The molecule has 1 unspecified atom stereocenters. The molecule has 1 fully saturated rings. The van der Waals surface area contributed by atoms with E-state index in [1.54, 1.807) is 6.20 Å². The van der Waals surface area contributed by atoms with Crippen LogP contribution in [0.4, 0.5) is 5.69 Å². The molecule has 3 atom stereocenters. The molecule has 3 N–H and O–H groups in total. The second kappa shape index (κ2) is 11.1.